The Kier molecular flexibility index (Phi) is 5.05. The number of thioether (sulfide) groups is 1. The average molecular weight is 310 g/mol. The second kappa shape index (κ2) is 6.78. The molecule has 4 N–H and O–H groups in total. The predicted octanol–water partition coefficient (Wildman–Crippen LogP) is 3.31. The lowest BCUT2D eigenvalue weighted by molar-refractivity contribution is 0.856. The first-order chi connectivity index (χ1) is 9.62. The molecule has 2 aromatic rings. The van der Waals surface area contributed by atoms with Gasteiger partial charge in [0.1, 0.15) is 11.6 Å². The smallest absolute Gasteiger partial charge is 0.191 e. The topological polar surface area (TPSA) is 75.9 Å². The van der Waals surface area contributed by atoms with E-state index in [-0.39, 0.29) is 6.04 Å². The normalized spacial score (nSPS) is 12.0. The van der Waals surface area contributed by atoms with Crippen LogP contribution in [0.15, 0.2) is 35.5 Å². The van der Waals surface area contributed by atoms with E-state index in [0.29, 0.717) is 11.0 Å². The van der Waals surface area contributed by atoms with Crippen molar-refractivity contribution in [2.45, 2.75) is 18.1 Å². The van der Waals surface area contributed by atoms with Gasteiger partial charge in [0.25, 0.3) is 0 Å². The largest absolute Gasteiger partial charge is 0.363 e. The van der Waals surface area contributed by atoms with Crippen LogP contribution in [0.1, 0.15) is 18.5 Å². The number of hydrogen-bond acceptors (Lipinski definition) is 6. The van der Waals surface area contributed by atoms with E-state index >= 15 is 0 Å². The summed E-state index contributed by atoms with van der Waals surface area (Å²) < 4.78 is 0. The van der Waals surface area contributed by atoms with Crippen molar-refractivity contribution < 1.29 is 0 Å². The van der Waals surface area contributed by atoms with Gasteiger partial charge in [-0.2, -0.15) is 0 Å². The zero-order valence-corrected chi connectivity index (χ0v) is 12.8. The molecule has 0 saturated carbocycles. The summed E-state index contributed by atoms with van der Waals surface area (Å²) in [6.45, 7) is 2.06. The Balaban J connectivity index is 2.18. The molecule has 0 saturated heterocycles. The molecule has 5 nitrogen and oxygen atoms in total. The molecule has 0 radical (unpaired) electrons. The van der Waals surface area contributed by atoms with Crippen LogP contribution >= 0.6 is 23.4 Å². The molecule has 1 heterocycles. The van der Waals surface area contributed by atoms with E-state index in [2.05, 4.69) is 27.6 Å². The Hall–Kier alpha value is -1.50. The fraction of sp³-hybridized carbons (Fsp3) is 0.231. The van der Waals surface area contributed by atoms with Crippen molar-refractivity contribution in [3.63, 3.8) is 0 Å². The van der Waals surface area contributed by atoms with Gasteiger partial charge in [-0.15, -0.1) is 0 Å². The third kappa shape index (κ3) is 3.75. The maximum atomic E-state index is 5.89. The van der Waals surface area contributed by atoms with Crippen LogP contribution in [0.25, 0.3) is 0 Å². The van der Waals surface area contributed by atoms with E-state index in [0.717, 1.165) is 16.4 Å². The number of aromatic nitrogens is 2. The number of nitrogens with zero attached hydrogens (tertiary/aromatic N) is 2. The third-order valence-corrected chi connectivity index (χ3v) is 3.57. The summed E-state index contributed by atoms with van der Waals surface area (Å²) in [7, 11) is 0. The highest BCUT2D eigenvalue weighted by atomic mass is 35.5. The molecule has 7 heteroatoms. The minimum absolute atomic E-state index is 0.0995. The zero-order valence-electron chi connectivity index (χ0n) is 11.2. The second-order valence-corrected chi connectivity index (χ2v) is 5.40. The van der Waals surface area contributed by atoms with Crippen molar-refractivity contribution in [2.24, 2.45) is 5.84 Å². The lowest BCUT2D eigenvalue weighted by Gasteiger charge is -2.16. The van der Waals surface area contributed by atoms with Gasteiger partial charge < -0.3 is 10.7 Å². The fourth-order valence-corrected chi connectivity index (χ4v) is 2.23. The maximum Gasteiger partial charge on any atom is 0.191 e. The Morgan fingerprint density at radius 3 is 2.45 bits per heavy atom. The summed E-state index contributed by atoms with van der Waals surface area (Å²) in [4.78, 5) is 8.62. The van der Waals surface area contributed by atoms with Gasteiger partial charge in [0.2, 0.25) is 0 Å². The number of hydrogen-bond donors (Lipinski definition) is 3. The number of nitrogen functional groups attached to an aromatic ring is 1. The molecular formula is C13H16ClN5S. The lowest BCUT2D eigenvalue weighted by Crippen LogP contribution is -2.12. The van der Waals surface area contributed by atoms with Crippen LogP contribution < -0.4 is 16.6 Å². The molecule has 0 amide bonds. The minimum atomic E-state index is 0.0995. The van der Waals surface area contributed by atoms with E-state index in [4.69, 9.17) is 17.4 Å². The van der Waals surface area contributed by atoms with Gasteiger partial charge >= 0.3 is 0 Å². The van der Waals surface area contributed by atoms with Gasteiger partial charge in [0.15, 0.2) is 5.16 Å². The van der Waals surface area contributed by atoms with Crippen molar-refractivity contribution in [3.05, 3.63) is 40.9 Å². The van der Waals surface area contributed by atoms with Crippen LogP contribution in [0.3, 0.4) is 0 Å². The van der Waals surface area contributed by atoms with Crippen LogP contribution in [-0.2, 0) is 0 Å². The Morgan fingerprint density at radius 2 is 1.85 bits per heavy atom. The molecule has 0 fully saturated rings. The summed E-state index contributed by atoms with van der Waals surface area (Å²) in [6, 6.07) is 9.58. The predicted molar refractivity (Wildman–Crippen MR) is 85.1 cm³/mol. The molecule has 1 unspecified atom stereocenters. The van der Waals surface area contributed by atoms with E-state index in [9.17, 15) is 0 Å². The molecule has 106 valence electrons. The van der Waals surface area contributed by atoms with Gasteiger partial charge in [-0.25, -0.2) is 15.8 Å². The van der Waals surface area contributed by atoms with Crippen LogP contribution in [0.5, 0.6) is 0 Å². The number of rotatable bonds is 5. The number of nitrogens with one attached hydrogen (secondary N) is 2. The van der Waals surface area contributed by atoms with Crippen LogP contribution in [0.2, 0.25) is 5.02 Å². The lowest BCUT2D eigenvalue weighted by atomic mass is 10.1. The van der Waals surface area contributed by atoms with Crippen molar-refractivity contribution >= 4 is 35.0 Å². The monoisotopic (exact) mass is 309 g/mol. The molecule has 0 aliphatic rings. The van der Waals surface area contributed by atoms with E-state index in [1.807, 2.05) is 30.5 Å². The molecule has 0 spiro atoms. The molecule has 0 bridgehead atoms. The van der Waals surface area contributed by atoms with Gasteiger partial charge in [0, 0.05) is 17.1 Å². The highest BCUT2D eigenvalue weighted by molar-refractivity contribution is 7.98. The van der Waals surface area contributed by atoms with E-state index < -0.39 is 0 Å². The van der Waals surface area contributed by atoms with E-state index in [1.54, 1.807) is 6.07 Å². The number of anilines is 2. The third-order valence-electron chi connectivity index (χ3n) is 2.77. The molecule has 0 aliphatic carbocycles. The van der Waals surface area contributed by atoms with Crippen LogP contribution in [-0.4, -0.2) is 16.2 Å². The molecule has 0 aliphatic heterocycles. The average Bonchev–Trinajstić information content (AvgIpc) is 2.47. The maximum absolute atomic E-state index is 5.89. The highest BCUT2D eigenvalue weighted by Crippen LogP contribution is 2.22. The summed E-state index contributed by atoms with van der Waals surface area (Å²) in [5.41, 5.74) is 3.67. The van der Waals surface area contributed by atoms with Gasteiger partial charge in [-0.3, -0.25) is 0 Å². The minimum Gasteiger partial charge on any atom is -0.363 e. The summed E-state index contributed by atoms with van der Waals surface area (Å²) in [5.74, 6) is 6.71. The molecule has 1 aromatic carbocycles. The van der Waals surface area contributed by atoms with Crippen LogP contribution in [0, 0.1) is 0 Å². The first-order valence-corrected chi connectivity index (χ1v) is 7.64. The number of benzene rings is 1. The Morgan fingerprint density at radius 1 is 1.20 bits per heavy atom. The Bertz CT molecular complexity index is 553. The summed E-state index contributed by atoms with van der Waals surface area (Å²) in [6.07, 6.45) is 1.92. The number of nitrogens with two attached hydrogens (primary N) is 1. The highest BCUT2D eigenvalue weighted by Gasteiger charge is 2.08. The van der Waals surface area contributed by atoms with Gasteiger partial charge in [-0.1, -0.05) is 35.5 Å². The van der Waals surface area contributed by atoms with E-state index in [1.165, 1.54) is 11.8 Å². The van der Waals surface area contributed by atoms with Crippen molar-refractivity contribution in [3.8, 4) is 0 Å². The van der Waals surface area contributed by atoms with Crippen molar-refractivity contribution in [1.82, 2.24) is 9.97 Å². The second-order valence-electron chi connectivity index (χ2n) is 4.19. The van der Waals surface area contributed by atoms with Crippen LogP contribution in [0.4, 0.5) is 11.6 Å². The van der Waals surface area contributed by atoms with Gasteiger partial charge in [-0.05, 0) is 30.9 Å². The fourth-order valence-electron chi connectivity index (χ4n) is 1.72. The standard InChI is InChI=1S/C13H16ClN5S/c1-8(9-3-5-10(14)6-4-9)16-11-7-12(19-15)18-13(17-11)20-2/h3-8H,15H2,1-2H3,(H2,16,17,18,19). The molecule has 1 atom stereocenters. The molecule has 20 heavy (non-hydrogen) atoms. The summed E-state index contributed by atoms with van der Waals surface area (Å²) in [5, 5.41) is 4.71. The quantitative estimate of drug-likeness (QED) is 0.340. The SMILES string of the molecule is CSc1nc(NN)cc(NC(C)c2ccc(Cl)cc2)n1. The first-order valence-electron chi connectivity index (χ1n) is 6.04. The van der Waals surface area contributed by atoms with Crippen molar-refractivity contribution in [2.75, 3.05) is 17.0 Å². The molecular weight excluding hydrogens is 294 g/mol. The first kappa shape index (κ1) is 14.9. The number of hydrazine groups is 1. The summed E-state index contributed by atoms with van der Waals surface area (Å²) >= 11 is 7.35. The molecule has 2 rings (SSSR count). The molecule has 1 aromatic heterocycles. The van der Waals surface area contributed by atoms with Crippen molar-refractivity contribution in [1.29, 1.82) is 0 Å². The Labute approximate surface area is 127 Å². The number of halogens is 1. The zero-order chi connectivity index (χ0) is 14.5. The van der Waals surface area contributed by atoms with Gasteiger partial charge in [0.05, 0.1) is 0 Å².